The van der Waals surface area contributed by atoms with Crippen molar-refractivity contribution >= 4 is 17.5 Å². The monoisotopic (exact) mass is 258 g/mol. The van der Waals surface area contributed by atoms with E-state index in [-0.39, 0.29) is 18.2 Å². The standard InChI is InChI=1S/C13H10N2O4/c16-13(17)9-2-1-5-14-12(9)15-8-3-4-10-11(6-8)19-7-18-10/h1-6H,7H2,(H,14,15)(H,16,17). The summed E-state index contributed by atoms with van der Waals surface area (Å²) in [5.41, 5.74) is 0.797. The van der Waals surface area contributed by atoms with Crippen LogP contribution in [0.5, 0.6) is 11.5 Å². The van der Waals surface area contributed by atoms with Gasteiger partial charge in [0, 0.05) is 18.0 Å². The largest absolute Gasteiger partial charge is 0.478 e. The summed E-state index contributed by atoms with van der Waals surface area (Å²) < 4.78 is 10.5. The molecule has 0 radical (unpaired) electrons. The number of ether oxygens (including phenoxy) is 2. The molecule has 0 unspecified atom stereocenters. The maximum Gasteiger partial charge on any atom is 0.339 e. The Labute approximate surface area is 108 Å². The van der Waals surface area contributed by atoms with Gasteiger partial charge in [-0.15, -0.1) is 0 Å². The molecule has 6 heteroatoms. The summed E-state index contributed by atoms with van der Waals surface area (Å²) in [6.45, 7) is 0.197. The molecule has 19 heavy (non-hydrogen) atoms. The van der Waals surface area contributed by atoms with Gasteiger partial charge in [-0.2, -0.15) is 0 Å². The topological polar surface area (TPSA) is 80.7 Å². The predicted octanol–water partition coefficient (Wildman–Crippen LogP) is 2.25. The first-order chi connectivity index (χ1) is 9.24. The van der Waals surface area contributed by atoms with Gasteiger partial charge in [-0.1, -0.05) is 0 Å². The quantitative estimate of drug-likeness (QED) is 0.878. The van der Waals surface area contributed by atoms with Crippen LogP contribution in [0.3, 0.4) is 0 Å². The number of pyridine rings is 1. The SMILES string of the molecule is O=C(O)c1cccnc1Nc1ccc2c(c1)OCO2. The molecule has 96 valence electrons. The van der Waals surface area contributed by atoms with Crippen molar-refractivity contribution in [2.45, 2.75) is 0 Å². The van der Waals surface area contributed by atoms with Gasteiger partial charge in [0.2, 0.25) is 6.79 Å². The zero-order valence-corrected chi connectivity index (χ0v) is 9.79. The summed E-state index contributed by atoms with van der Waals surface area (Å²) in [5, 5.41) is 12.0. The minimum Gasteiger partial charge on any atom is -0.478 e. The molecule has 1 aliphatic rings. The van der Waals surface area contributed by atoms with Gasteiger partial charge in [-0.05, 0) is 24.3 Å². The number of carboxylic acids is 1. The number of aromatic carboxylic acids is 1. The minimum atomic E-state index is -1.03. The molecule has 1 aromatic carbocycles. The van der Waals surface area contributed by atoms with Crippen molar-refractivity contribution < 1.29 is 19.4 Å². The fourth-order valence-corrected chi connectivity index (χ4v) is 1.79. The van der Waals surface area contributed by atoms with Gasteiger partial charge in [-0.3, -0.25) is 0 Å². The number of nitrogens with one attached hydrogen (secondary N) is 1. The minimum absolute atomic E-state index is 0.111. The molecule has 1 aromatic heterocycles. The highest BCUT2D eigenvalue weighted by atomic mass is 16.7. The van der Waals surface area contributed by atoms with Crippen molar-refractivity contribution in [2.75, 3.05) is 12.1 Å². The van der Waals surface area contributed by atoms with Crippen LogP contribution in [0.4, 0.5) is 11.5 Å². The van der Waals surface area contributed by atoms with Gasteiger partial charge < -0.3 is 19.9 Å². The molecule has 0 fully saturated rings. The van der Waals surface area contributed by atoms with Gasteiger partial charge in [0.25, 0.3) is 0 Å². The number of carboxylic acid groups (broad SMARTS) is 1. The van der Waals surface area contributed by atoms with Crippen molar-refractivity contribution in [1.82, 2.24) is 4.98 Å². The molecule has 0 saturated carbocycles. The summed E-state index contributed by atoms with van der Waals surface area (Å²) in [5.74, 6) is 0.549. The van der Waals surface area contributed by atoms with Crippen LogP contribution in [0.25, 0.3) is 0 Å². The van der Waals surface area contributed by atoms with Crippen molar-refractivity contribution in [3.8, 4) is 11.5 Å². The first kappa shape index (κ1) is 11.3. The fraction of sp³-hybridized carbons (Fsp3) is 0.0769. The summed E-state index contributed by atoms with van der Waals surface area (Å²) in [7, 11) is 0. The van der Waals surface area contributed by atoms with Crippen LogP contribution in [0.1, 0.15) is 10.4 Å². The first-order valence-electron chi connectivity index (χ1n) is 5.59. The molecule has 2 aromatic rings. The molecule has 0 bridgehead atoms. The van der Waals surface area contributed by atoms with Gasteiger partial charge in [0.15, 0.2) is 11.5 Å². The Morgan fingerprint density at radius 1 is 1.26 bits per heavy atom. The molecule has 0 amide bonds. The Kier molecular flexibility index (Phi) is 2.68. The van der Waals surface area contributed by atoms with Crippen LogP contribution in [0.2, 0.25) is 0 Å². The van der Waals surface area contributed by atoms with Crippen LogP contribution in [0, 0.1) is 0 Å². The molecule has 0 spiro atoms. The third-order valence-electron chi connectivity index (χ3n) is 2.67. The van der Waals surface area contributed by atoms with Gasteiger partial charge in [0.05, 0.1) is 0 Å². The zero-order chi connectivity index (χ0) is 13.2. The number of nitrogens with zero attached hydrogens (tertiary/aromatic N) is 1. The molecule has 2 N–H and O–H groups in total. The van der Waals surface area contributed by atoms with Crippen LogP contribution < -0.4 is 14.8 Å². The van der Waals surface area contributed by atoms with Crippen molar-refractivity contribution in [3.05, 3.63) is 42.1 Å². The molecular formula is C13H10N2O4. The number of fused-ring (bicyclic) bond motifs is 1. The number of rotatable bonds is 3. The summed E-state index contributed by atoms with van der Waals surface area (Å²) in [6.07, 6.45) is 1.53. The van der Waals surface area contributed by atoms with E-state index in [9.17, 15) is 4.79 Å². The fourth-order valence-electron chi connectivity index (χ4n) is 1.79. The zero-order valence-electron chi connectivity index (χ0n) is 9.79. The van der Waals surface area contributed by atoms with E-state index in [1.807, 2.05) is 0 Å². The maximum absolute atomic E-state index is 11.1. The van der Waals surface area contributed by atoms with Crippen molar-refractivity contribution in [2.24, 2.45) is 0 Å². The average Bonchev–Trinajstić information content (AvgIpc) is 2.86. The van der Waals surface area contributed by atoms with Gasteiger partial charge >= 0.3 is 5.97 Å². The smallest absolute Gasteiger partial charge is 0.339 e. The lowest BCUT2D eigenvalue weighted by atomic mass is 10.2. The van der Waals surface area contributed by atoms with Crippen LogP contribution in [-0.2, 0) is 0 Å². The lowest BCUT2D eigenvalue weighted by Gasteiger charge is -2.08. The molecule has 0 atom stereocenters. The van der Waals surface area contributed by atoms with E-state index < -0.39 is 5.97 Å². The first-order valence-corrected chi connectivity index (χ1v) is 5.59. The van der Waals surface area contributed by atoms with Gasteiger partial charge in [-0.25, -0.2) is 9.78 Å². The Bertz CT molecular complexity index is 642. The van der Waals surface area contributed by atoms with Crippen LogP contribution in [-0.4, -0.2) is 22.9 Å². The molecule has 2 heterocycles. The second kappa shape index (κ2) is 4.49. The molecule has 0 aliphatic carbocycles. The highest BCUT2D eigenvalue weighted by molar-refractivity contribution is 5.93. The third kappa shape index (κ3) is 2.15. The second-order valence-electron chi connectivity index (χ2n) is 3.90. The number of benzene rings is 1. The maximum atomic E-state index is 11.1. The van der Waals surface area contributed by atoms with Crippen LogP contribution >= 0.6 is 0 Å². The molecule has 1 aliphatic heterocycles. The number of carbonyl (C=O) groups is 1. The Morgan fingerprint density at radius 3 is 2.95 bits per heavy atom. The van der Waals surface area contributed by atoms with E-state index in [2.05, 4.69) is 10.3 Å². The van der Waals surface area contributed by atoms with E-state index >= 15 is 0 Å². The number of anilines is 2. The van der Waals surface area contributed by atoms with Crippen molar-refractivity contribution in [3.63, 3.8) is 0 Å². The molecule has 3 rings (SSSR count). The lowest BCUT2D eigenvalue weighted by molar-refractivity contribution is 0.0697. The second-order valence-corrected chi connectivity index (χ2v) is 3.90. The normalized spacial score (nSPS) is 12.2. The lowest BCUT2D eigenvalue weighted by Crippen LogP contribution is -2.04. The third-order valence-corrected chi connectivity index (χ3v) is 2.67. The van der Waals surface area contributed by atoms with Crippen molar-refractivity contribution in [1.29, 1.82) is 0 Å². The summed E-state index contributed by atoms with van der Waals surface area (Å²) in [4.78, 5) is 15.1. The number of hydrogen-bond donors (Lipinski definition) is 2. The summed E-state index contributed by atoms with van der Waals surface area (Å²) in [6, 6.07) is 8.34. The number of hydrogen-bond acceptors (Lipinski definition) is 5. The number of aromatic nitrogens is 1. The van der Waals surface area contributed by atoms with E-state index in [0.717, 1.165) is 0 Å². The van der Waals surface area contributed by atoms with Gasteiger partial charge in [0.1, 0.15) is 11.4 Å². The highest BCUT2D eigenvalue weighted by Gasteiger charge is 2.15. The summed E-state index contributed by atoms with van der Waals surface area (Å²) >= 11 is 0. The molecule has 6 nitrogen and oxygen atoms in total. The highest BCUT2D eigenvalue weighted by Crippen LogP contribution is 2.35. The van der Waals surface area contributed by atoms with E-state index in [1.165, 1.54) is 12.3 Å². The Hall–Kier alpha value is -2.76. The van der Waals surface area contributed by atoms with E-state index in [1.54, 1.807) is 24.3 Å². The molecule has 0 saturated heterocycles. The van der Waals surface area contributed by atoms with E-state index in [4.69, 9.17) is 14.6 Å². The molecular weight excluding hydrogens is 248 g/mol. The Morgan fingerprint density at radius 2 is 2.11 bits per heavy atom. The predicted molar refractivity (Wildman–Crippen MR) is 67.0 cm³/mol. The van der Waals surface area contributed by atoms with E-state index in [0.29, 0.717) is 17.2 Å². The average molecular weight is 258 g/mol. The van der Waals surface area contributed by atoms with Crippen LogP contribution in [0.15, 0.2) is 36.5 Å². The Balaban J connectivity index is 1.91.